The lowest BCUT2D eigenvalue weighted by atomic mass is 10.0. The SMILES string of the molecule is Cc1cccc(NC(=O)Cn2c3c(c(=O)n2-c2ccccc2)Cc2ccccc2O3)c1. The molecule has 1 aliphatic rings. The van der Waals surface area contributed by atoms with Gasteiger partial charge < -0.3 is 10.1 Å². The van der Waals surface area contributed by atoms with Crippen molar-refractivity contribution >= 4 is 11.6 Å². The van der Waals surface area contributed by atoms with Gasteiger partial charge >= 0.3 is 0 Å². The average Bonchev–Trinajstić information content (AvgIpc) is 3.03. The molecular formula is C25H21N3O3. The van der Waals surface area contributed by atoms with Crippen molar-refractivity contribution in [3.63, 3.8) is 0 Å². The number of amides is 1. The van der Waals surface area contributed by atoms with Gasteiger partial charge in [-0.25, -0.2) is 9.36 Å². The number of hydrogen-bond donors (Lipinski definition) is 1. The van der Waals surface area contributed by atoms with E-state index in [0.717, 1.165) is 11.1 Å². The predicted octanol–water partition coefficient (Wildman–Crippen LogP) is 4.28. The zero-order chi connectivity index (χ0) is 21.4. The Bertz CT molecular complexity index is 1340. The summed E-state index contributed by atoms with van der Waals surface area (Å²) in [6.45, 7) is 1.91. The summed E-state index contributed by atoms with van der Waals surface area (Å²) >= 11 is 0. The molecule has 0 atom stereocenters. The zero-order valence-corrected chi connectivity index (χ0v) is 17.0. The van der Waals surface area contributed by atoms with Crippen LogP contribution >= 0.6 is 0 Å². The molecule has 6 nitrogen and oxygen atoms in total. The first-order valence-electron chi connectivity index (χ1n) is 10.1. The molecule has 2 heterocycles. The molecule has 0 aliphatic carbocycles. The Labute approximate surface area is 179 Å². The monoisotopic (exact) mass is 411 g/mol. The van der Waals surface area contributed by atoms with Gasteiger partial charge in [0.05, 0.1) is 11.3 Å². The Hall–Kier alpha value is -4.06. The van der Waals surface area contributed by atoms with E-state index in [2.05, 4.69) is 5.32 Å². The van der Waals surface area contributed by atoms with Gasteiger partial charge in [0.1, 0.15) is 12.3 Å². The van der Waals surface area contributed by atoms with Crippen molar-refractivity contribution in [2.45, 2.75) is 19.9 Å². The second-order valence-electron chi connectivity index (χ2n) is 7.60. The number of carbonyl (C=O) groups is 1. The van der Waals surface area contributed by atoms with Crippen molar-refractivity contribution in [3.05, 3.63) is 106 Å². The summed E-state index contributed by atoms with van der Waals surface area (Å²) in [5.41, 5.74) is 3.76. The minimum atomic E-state index is -0.240. The number of nitrogens with zero attached hydrogens (tertiary/aromatic N) is 2. The molecule has 6 heteroatoms. The number of aromatic nitrogens is 2. The van der Waals surface area contributed by atoms with Crippen molar-refractivity contribution in [1.29, 1.82) is 0 Å². The molecule has 1 aromatic heterocycles. The van der Waals surface area contributed by atoms with Crippen molar-refractivity contribution in [1.82, 2.24) is 9.36 Å². The fraction of sp³-hybridized carbons (Fsp3) is 0.120. The lowest BCUT2D eigenvalue weighted by Gasteiger charge is -2.19. The summed E-state index contributed by atoms with van der Waals surface area (Å²) < 4.78 is 9.26. The van der Waals surface area contributed by atoms with Gasteiger partial charge in [-0.15, -0.1) is 0 Å². The Morgan fingerprint density at radius 3 is 2.58 bits per heavy atom. The normalized spacial score (nSPS) is 11.9. The van der Waals surface area contributed by atoms with Gasteiger partial charge in [0.25, 0.3) is 5.56 Å². The summed E-state index contributed by atoms with van der Waals surface area (Å²) in [6.07, 6.45) is 0.462. The summed E-state index contributed by atoms with van der Waals surface area (Å²) in [5.74, 6) is 0.871. The molecular weight excluding hydrogens is 390 g/mol. The van der Waals surface area contributed by atoms with Crippen molar-refractivity contribution in [2.75, 3.05) is 5.32 Å². The molecule has 31 heavy (non-hydrogen) atoms. The third-order valence-corrected chi connectivity index (χ3v) is 5.33. The quantitative estimate of drug-likeness (QED) is 0.480. The van der Waals surface area contributed by atoms with Crippen LogP contribution in [0.25, 0.3) is 5.69 Å². The Balaban J connectivity index is 1.57. The summed E-state index contributed by atoms with van der Waals surface area (Å²) in [4.78, 5) is 26.3. The van der Waals surface area contributed by atoms with Crippen molar-refractivity contribution < 1.29 is 9.53 Å². The molecule has 1 N–H and O–H groups in total. The number of anilines is 1. The van der Waals surface area contributed by atoms with Crippen LogP contribution in [0, 0.1) is 6.92 Å². The van der Waals surface area contributed by atoms with Crippen LogP contribution in [-0.2, 0) is 17.8 Å². The molecule has 0 spiro atoms. The van der Waals surface area contributed by atoms with Crippen LogP contribution in [0.4, 0.5) is 5.69 Å². The lowest BCUT2D eigenvalue weighted by Crippen LogP contribution is -2.27. The number of carbonyl (C=O) groups excluding carboxylic acids is 1. The van der Waals surface area contributed by atoms with Crippen molar-refractivity contribution in [3.8, 4) is 17.3 Å². The number of ether oxygens (including phenoxy) is 1. The van der Waals surface area contributed by atoms with Gasteiger partial charge in [-0.05, 0) is 48.4 Å². The van der Waals surface area contributed by atoms with E-state index in [1.165, 1.54) is 4.68 Å². The van der Waals surface area contributed by atoms with E-state index in [4.69, 9.17) is 4.74 Å². The summed E-state index contributed by atoms with van der Waals surface area (Å²) in [5, 5.41) is 2.91. The molecule has 1 aliphatic heterocycles. The molecule has 4 aromatic rings. The maximum absolute atomic E-state index is 13.4. The molecule has 0 saturated carbocycles. The maximum Gasteiger partial charge on any atom is 0.278 e. The molecule has 0 radical (unpaired) electrons. The Kier molecular flexibility index (Phi) is 4.67. The third-order valence-electron chi connectivity index (χ3n) is 5.33. The van der Waals surface area contributed by atoms with E-state index in [1.54, 1.807) is 4.68 Å². The second-order valence-corrected chi connectivity index (χ2v) is 7.60. The van der Waals surface area contributed by atoms with Crippen LogP contribution in [0.5, 0.6) is 11.6 Å². The Morgan fingerprint density at radius 2 is 1.77 bits per heavy atom. The van der Waals surface area contributed by atoms with Crippen LogP contribution in [-0.4, -0.2) is 15.3 Å². The van der Waals surface area contributed by atoms with Crippen LogP contribution in [0.1, 0.15) is 16.7 Å². The first-order chi connectivity index (χ1) is 15.1. The molecule has 0 unspecified atom stereocenters. The highest BCUT2D eigenvalue weighted by Gasteiger charge is 2.29. The number of fused-ring (bicyclic) bond motifs is 2. The minimum absolute atomic E-state index is 0.0599. The minimum Gasteiger partial charge on any atom is -0.439 e. The molecule has 0 bridgehead atoms. The molecule has 3 aromatic carbocycles. The van der Waals surface area contributed by atoms with E-state index < -0.39 is 0 Å². The van der Waals surface area contributed by atoms with E-state index in [9.17, 15) is 9.59 Å². The third kappa shape index (κ3) is 3.53. The highest BCUT2D eigenvalue weighted by molar-refractivity contribution is 5.90. The van der Waals surface area contributed by atoms with Gasteiger partial charge in [-0.2, -0.15) is 0 Å². The zero-order valence-electron chi connectivity index (χ0n) is 17.0. The molecule has 0 saturated heterocycles. The highest BCUT2D eigenvalue weighted by atomic mass is 16.5. The van der Waals surface area contributed by atoms with Crippen LogP contribution in [0.15, 0.2) is 83.7 Å². The number of hydrogen-bond acceptors (Lipinski definition) is 3. The number of benzene rings is 3. The molecule has 0 fully saturated rings. The predicted molar refractivity (Wildman–Crippen MR) is 119 cm³/mol. The lowest BCUT2D eigenvalue weighted by molar-refractivity contribution is -0.117. The first kappa shape index (κ1) is 18.9. The fourth-order valence-corrected chi connectivity index (χ4v) is 3.91. The molecule has 1 amide bonds. The molecule has 5 rings (SSSR count). The van der Waals surface area contributed by atoms with Gasteiger partial charge in [0.15, 0.2) is 0 Å². The van der Waals surface area contributed by atoms with Gasteiger partial charge in [-0.3, -0.25) is 9.59 Å². The summed E-state index contributed by atoms with van der Waals surface area (Å²) in [7, 11) is 0. The van der Waals surface area contributed by atoms with Crippen molar-refractivity contribution in [2.24, 2.45) is 0 Å². The van der Waals surface area contributed by atoms with Gasteiger partial charge in [0.2, 0.25) is 11.8 Å². The topological polar surface area (TPSA) is 65.3 Å². The van der Waals surface area contributed by atoms with E-state index in [0.29, 0.717) is 35.0 Å². The smallest absolute Gasteiger partial charge is 0.278 e. The maximum atomic E-state index is 13.4. The van der Waals surface area contributed by atoms with E-state index in [1.807, 2.05) is 85.8 Å². The number of nitrogens with one attached hydrogen (secondary N) is 1. The summed E-state index contributed by atoms with van der Waals surface area (Å²) in [6, 6.07) is 24.5. The fourth-order valence-electron chi connectivity index (χ4n) is 3.91. The molecule has 154 valence electrons. The number of para-hydroxylation sites is 2. The van der Waals surface area contributed by atoms with Crippen LogP contribution in [0.3, 0.4) is 0 Å². The van der Waals surface area contributed by atoms with Crippen LogP contribution in [0.2, 0.25) is 0 Å². The van der Waals surface area contributed by atoms with Gasteiger partial charge in [-0.1, -0.05) is 48.5 Å². The second kappa shape index (κ2) is 7.65. The number of aryl methyl sites for hydroxylation is 1. The average molecular weight is 411 g/mol. The van der Waals surface area contributed by atoms with E-state index in [-0.39, 0.29) is 18.0 Å². The standard InChI is InChI=1S/C25H21N3O3/c1-17-8-7-10-19(14-17)26-23(29)16-27-25-21(15-18-9-5-6-13-22(18)31-25)24(30)28(27)20-11-3-2-4-12-20/h2-14H,15-16H2,1H3,(H,26,29). The largest absolute Gasteiger partial charge is 0.439 e. The number of rotatable bonds is 4. The van der Waals surface area contributed by atoms with Gasteiger partial charge in [0, 0.05) is 12.1 Å². The van der Waals surface area contributed by atoms with Crippen LogP contribution < -0.4 is 15.6 Å². The highest BCUT2D eigenvalue weighted by Crippen LogP contribution is 2.35. The first-order valence-corrected chi connectivity index (χ1v) is 10.1. The van der Waals surface area contributed by atoms with E-state index >= 15 is 0 Å². The Morgan fingerprint density at radius 1 is 1.00 bits per heavy atom.